The zero-order valence-corrected chi connectivity index (χ0v) is 11.2. The van der Waals surface area contributed by atoms with Crippen LogP contribution in [-0.2, 0) is 6.42 Å². The number of nitrogens with two attached hydrogens (primary N) is 1. The Balaban J connectivity index is 2.04. The van der Waals surface area contributed by atoms with Gasteiger partial charge in [0.05, 0.1) is 10.7 Å². The van der Waals surface area contributed by atoms with Gasteiger partial charge in [-0.1, -0.05) is 17.7 Å². The van der Waals surface area contributed by atoms with E-state index < -0.39 is 5.82 Å². The molecule has 2 aromatic rings. The molecule has 94 valence electrons. The average Bonchev–Trinajstić information content (AvgIpc) is 2.78. The quantitative estimate of drug-likeness (QED) is 0.860. The van der Waals surface area contributed by atoms with Crippen LogP contribution in [0.5, 0.6) is 0 Å². The molecule has 1 unspecified atom stereocenters. The molecule has 2 nitrogen and oxygen atoms in total. The highest BCUT2D eigenvalue weighted by Crippen LogP contribution is 2.36. The van der Waals surface area contributed by atoms with Crippen LogP contribution in [0.4, 0.5) is 4.39 Å². The molecule has 0 aliphatic heterocycles. The number of rotatable bonds is 1. The Morgan fingerprint density at radius 1 is 1.44 bits per heavy atom. The minimum absolute atomic E-state index is 0.0240. The number of aryl methyl sites for hydroxylation is 1. The number of benzene rings is 1. The molecule has 0 fully saturated rings. The third-order valence-corrected chi connectivity index (χ3v) is 4.65. The van der Waals surface area contributed by atoms with Crippen LogP contribution in [0.1, 0.15) is 29.5 Å². The van der Waals surface area contributed by atoms with E-state index in [0.29, 0.717) is 0 Å². The topological polar surface area (TPSA) is 38.9 Å². The monoisotopic (exact) mass is 282 g/mol. The Morgan fingerprint density at radius 2 is 2.28 bits per heavy atom. The van der Waals surface area contributed by atoms with Crippen LogP contribution in [0.15, 0.2) is 18.2 Å². The maximum atomic E-state index is 13.4. The summed E-state index contributed by atoms with van der Waals surface area (Å²) in [5.41, 5.74) is 7.79. The van der Waals surface area contributed by atoms with Gasteiger partial charge in [0.2, 0.25) is 0 Å². The van der Waals surface area contributed by atoms with E-state index >= 15 is 0 Å². The lowest BCUT2D eigenvalue weighted by Crippen LogP contribution is -2.16. The second-order valence-corrected chi connectivity index (χ2v) is 5.95. The lowest BCUT2D eigenvalue weighted by Gasteiger charge is -2.15. The molecule has 3 rings (SSSR count). The first-order valence-electron chi connectivity index (χ1n) is 5.86. The predicted octanol–water partition coefficient (Wildman–Crippen LogP) is 3.94. The molecule has 1 heterocycles. The normalized spacial score (nSPS) is 18.7. The van der Waals surface area contributed by atoms with Crippen LogP contribution in [0.2, 0.25) is 5.02 Å². The van der Waals surface area contributed by atoms with Crippen LogP contribution in [0.3, 0.4) is 0 Å². The zero-order valence-electron chi connectivity index (χ0n) is 9.62. The van der Waals surface area contributed by atoms with Crippen molar-refractivity contribution in [1.29, 1.82) is 0 Å². The van der Waals surface area contributed by atoms with Gasteiger partial charge in [-0.3, -0.25) is 0 Å². The van der Waals surface area contributed by atoms with Crippen molar-refractivity contribution in [3.8, 4) is 10.6 Å². The van der Waals surface area contributed by atoms with Crippen molar-refractivity contribution in [3.63, 3.8) is 0 Å². The standard InChI is InChI=1S/C13H12ClFN2S/c14-8-5-4-7(6-9(8)15)13-17-12-10(16)2-1-3-11(12)18-13/h4-6,10H,1-3,16H2. The molecule has 0 saturated carbocycles. The minimum Gasteiger partial charge on any atom is -0.323 e. The van der Waals surface area contributed by atoms with Gasteiger partial charge in [0.1, 0.15) is 10.8 Å². The molecular weight excluding hydrogens is 271 g/mol. The average molecular weight is 283 g/mol. The number of aromatic nitrogens is 1. The van der Waals surface area contributed by atoms with Crippen molar-refractivity contribution in [3.05, 3.63) is 39.6 Å². The molecule has 1 aromatic carbocycles. The number of thiazole rings is 1. The van der Waals surface area contributed by atoms with Gasteiger partial charge in [-0.25, -0.2) is 9.37 Å². The summed E-state index contributed by atoms with van der Waals surface area (Å²) in [6.45, 7) is 0. The summed E-state index contributed by atoms with van der Waals surface area (Å²) in [4.78, 5) is 5.79. The molecule has 1 aliphatic rings. The first-order chi connectivity index (χ1) is 8.65. The number of fused-ring (bicyclic) bond motifs is 1. The maximum Gasteiger partial charge on any atom is 0.142 e. The van der Waals surface area contributed by atoms with Gasteiger partial charge in [0.15, 0.2) is 0 Å². The fourth-order valence-electron chi connectivity index (χ4n) is 2.20. The minimum atomic E-state index is -0.411. The van der Waals surface area contributed by atoms with Crippen molar-refractivity contribution in [1.82, 2.24) is 4.98 Å². The third kappa shape index (κ3) is 2.05. The van der Waals surface area contributed by atoms with Crippen molar-refractivity contribution >= 4 is 22.9 Å². The van der Waals surface area contributed by atoms with Crippen molar-refractivity contribution in [2.45, 2.75) is 25.3 Å². The number of halogens is 2. The summed E-state index contributed by atoms with van der Waals surface area (Å²) in [5.74, 6) is -0.411. The smallest absolute Gasteiger partial charge is 0.142 e. The highest BCUT2D eigenvalue weighted by Gasteiger charge is 2.22. The Bertz CT molecular complexity index is 597. The molecule has 0 amide bonds. The number of nitrogens with zero attached hydrogens (tertiary/aromatic N) is 1. The summed E-state index contributed by atoms with van der Waals surface area (Å²) in [6.07, 6.45) is 3.10. The molecule has 1 aliphatic carbocycles. The summed E-state index contributed by atoms with van der Waals surface area (Å²) in [6, 6.07) is 4.81. The highest BCUT2D eigenvalue weighted by molar-refractivity contribution is 7.15. The zero-order chi connectivity index (χ0) is 12.7. The Labute approximate surface area is 114 Å². The van der Waals surface area contributed by atoms with E-state index in [-0.39, 0.29) is 11.1 Å². The van der Waals surface area contributed by atoms with Crippen molar-refractivity contribution < 1.29 is 4.39 Å². The maximum absolute atomic E-state index is 13.4. The summed E-state index contributed by atoms with van der Waals surface area (Å²) < 4.78 is 13.4. The van der Waals surface area contributed by atoms with Gasteiger partial charge in [-0.05, 0) is 31.4 Å². The first-order valence-corrected chi connectivity index (χ1v) is 7.05. The van der Waals surface area contributed by atoms with E-state index in [9.17, 15) is 4.39 Å². The molecule has 0 radical (unpaired) electrons. The molecule has 0 saturated heterocycles. The molecule has 2 N–H and O–H groups in total. The first kappa shape index (κ1) is 12.1. The Morgan fingerprint density at radius 3 is 3.00 bits per heavy atom. The van der Waals surface area contributed by atoms with E-state index in [1.165, 1.54) is 10.9 Å². The SMILES string of the molecule is NC1CCCc2sc(-c3ccc(Cl)c(F)c3)nc21. The van der Waals surface area contributed by atoms with E-state index in [4.69, 9.17) is 17.3 Å². The summed E-state index contributed by atoms with van der Waals surface area (Å²) in [5, 5.41) is 0.963. The van der Waals surface area contributed by atoms with Crippen LogP contribution < -0.4 is 5.73 Å². The van der Waals surface area contributed by atoms with Gasteiger partial charge in [0, 0.05) is 16.5 Å². The van der Waals surface area contributed by atoms with Gasteiger partial charge in [-0.2, -0.15) is 0 Å². The Kier molecular flexibility index (Phi) is 3.09. The van der Waals surface area contributed by atoms with Crippen LogP contribution in [0, 0.1) is 5.82 Å². The van der Waals surface area contributed by atoms with E-state index in [0.717, 1.165) is 35.5 Å². The molecule has 1 atom stereocenters. The molecule has 0 bridgehead atoms. The molecule has 5 heteroatoms. The van der Waals surface area contributed by atoms with Crippen molar-refractivity contribution in [2.24, 2.45) is 5.73 Å². The van der Waals surface area contributed by atoms with Gasteiger partial charge in [0.25, 0.3) is 0 Å². The largest absolute Gasteiger partial charge is 0.323 e. The van der Waals surface area contributed by atoms with E-state index in [2.05, 4.69) is 4.98 Å². The second kappa shape index (κ2) is 4.61. The molecule has 18 heavy (non-hydrogen) atoms. The number of hydrogen-bond acceptors (Lipinski definition) is 3. The molecular formula is C13H12ClFN2S. The Hall–Kier alpha value is -0.970. The summed E-state index contributed by atoms with van der Waals surface area (Å²) >= 11 is 7.29. The van der Waals surface area contributed by atoms with Gasteiger partial charge < -0.3 is 5.73 Å². The fraction of sp³-hybridized carbons (Fsp3) is 0.308. The van der Waals surface area contributed by atoms with E-state index in [1.807, 2.05) is 0 Å². The van der Waals surface area contributed by atoms with E-state index in [1.54, 1.807) is 23.5 Å². The van der Waals surface area contributed by atoms with Crippen molar-refractivity contribution in [2.75, 3.05) is 0 Å². The van der Waals surface area contributed by atoms with Crippen LogP contribution in [-0.4, -0.2) is 4.98 Å². The number of hydrogen-bond donors (Lipinski definition) is 1. The predicted molar refractivity (Wildman–Crippen MR) is 72.4 cm³/mol. The van der Waals surface area contributed by atoms with Gasteiger partial charge in [-0.15, -0.1) is 11.3 Å². The van der Waals surface area contributed by atoms with Crippen LogP contribution in [0.25, 0.3) is 10.6 Å². The lowest BCUT2D eigenvalue weighted by molar-refractivity contribution is 0.564. The van der Waals surface area contributed by atoms with Crippen LogP contribution >= 0.6 is 22.9 Å². The van der Waals surface area contributed by atoms with Gasteiger partial charge >= 0.3 is 0 Å². The molecule has 0 spiro atoms. The molecule has 1 aromatic heterocycles. The summed E-state index contributed by atoms with van der Waals surface area (Å²) in [7, 11) is 0. The third-order valence-electron chi connectivity index (χ3n) is 3.16. The second-order valence-electron chi connectivity index (χ2n) is 4.46. The lowest BCUT2D eigenvalue weighted by atomic mass is 9.99. The fourth-order valence-corrected chi connectivity index (χ4v) is 3.49. The highest BCUT2D eigenvalue weighted by atomic mass is 35.5.